The zero-order chi connectivity index (χ0) is 23.8. The molecule has 1 aliphatic heterocycles. The molecule has 2 aliphatic rings. The first-order chi connectivity index (χ1) is 16.4. The van der Waals surface area contributed by atoms with Gasteiger partial charge in [-0.1, -0.05) is 61.5 Å². The molecule has 34 heavy (non-hydrogen) atoms. The first-order valence-corrected chi connectivity index (χ1v) is 13.9. The Labute approximate surface area is 203 Å². The minimum absolute atomic E-state index is 0.00935. The Morgan fingerprint density at radius 3 is 2.21 bits per heavy atom. The third-order valence-electron chi connectivity index (χ3n) is 8.10. The highest BCUT2D eigenvalue weighted by molar-refractivity contribution is 7.89. The van der Waals surface area contributed by atoms with Crippen molar-refractivity contribution in [3.63, 3.8) is 0 Å². The summed E-state index contributed by atoms with van der Waals surface area (Å²) in [5, 5.41) is 7.45. The lowest BCUT2D eigenvalue weighted by Crippen LogP contribution is -2.44. The Balaban J connectivity index is 1.29. The third kappa shape index (κ3) is 4.43. The summed E-state index contributed by atoms with van der Waals surface area (Å²) >= 11 is 0. The summed E-state index contributed by atoms with van der Waals surface area (Å²) in [6, 6.07) is 18.8. The van der Waals surface area contributed by atoms with Crippen molar-refractivity contribution in [1.82, 2.24) is 19.1 Å². The van der Waals surface area contributed by atoms with Gasteiger partial charge in [0, 0.05) is 18.6 Å². The van der Waals surface area contributed by atoms with Crippen LogP contribution in [0.5, 0.6) is 0 Å². The maximum Gasteiger partial charge on any atom is 0.221 e. The fourth-order valence-corrected chi connectivity index (χ4v) is 7.97. The van der Waals surface area contributed by atoms with E-state index < -0.39 is 15.3 Å². The second kappa shape index (κ2) is 9.27. The summed E-state index contributed by atoms with van der Waals surface area (Å²) < 4.78 is 30.9. The van der Waals surface area contributed by atoms with E-state index in [1.165, 1.54) is 5.56 Å². The van der Waals surface area contributed by atoms with E-state index in [-0.39, 0.29) is 11.5 Å². The van der Waals surface area contributed by atoms with Crippen LogP contribution in [0.2, 0.25) is 0 Å². The lowest BCUT2D eigenvalue weighted by atomic mass is 9.69. The molecule has 1 aromatic heterocycles. The van der Waals surface area contributed by atoms with Crippen molar-refractivity contribution in [3.05, 3.63) is 83.9 Å². The van der Waals surface area contributed by atoms with Crippen molar-refractivity contribution in [2.75, 3.05) is 0 Å². The van der Waals surface area contributed by atoms with Crippen LogP contribution < -0.4 is 0 Å². The molecule has 0 unspecified atom stereocenters. The number of rotatable bonds is 5. The summed E-state index contributed by atoms with van der Waals surface area (Å²) in [6.07, 6.45) is 9.65. The minimum Gasteiger partial charge on any atom is -0.317 e. The molecule has 1 saturated carbocycles. The summed E-state index contributed by atoms with van der Waals surface area (Å²) in [5.74, 6) is 0. The van der Waals surface area contributed by atoms with Gasteiger partial charge in [-0.2, -0.15) is 4.31 Å². The van der Waals surface area contributed by atoms with E-state index >= 15 is 0 Å². The summed E-state index contributed by atoms with van der Waals surface area (Å²) in [7, 11) is -3.41. The number of hydrogen-bond donors (Lipinski definition) is 0. The molecule has 2 atom stereocenters. The highest BCUT2D eigenvalue weighted by atomic mass is 32.2. The molecular weight excluding hydrogens is 444 g/mol. The van der Waals surface area contributed by atoms with Gasteiger partial charge in [-0.15, -0.1) is 10.2 Å². The molecule has 6 nitrogen and oxygen atoms in total. The van der Waals surface area contributed by atoms with E-state index in [0.717, 1.165) is 43.2 Å². The Kier molecular flexibility index (Phi) is 6.34. The molecule has 0 N–H and O–H groups in total. The lowest BCUT2D eigenvalue weighted by Gasteiger charge is -2.39. The van der Waals surface area contributed by atoms with Crippen LogP contribution in [-0.2, 0) is 22.0 Å². The van der Waals surface area contributed by atoms with Crippen molar-refractivity contribution >= 4 is 10.0 Å². The van der Waals surface area contributed by atoms with Gasteiger partial charge in [-0.25, -0.2) is 8.42 Å². The lowest BCUT2D eigenvalue weighted by molar-refractivity contribution is 0.248. The van der Waals surface area contributed by atoms with Gasteiger partial charge in [-0.05, 0) is 67.6 Å². The molecule has 3 aromatic rings. The molecular formula is C27H34N4O2S. The smallest absolute Gasteiger partial charge is 0.221 e. The van der Waals surface area contributed by atoms with Crippen molar-refractivity contribution in [3.8, 4) is 0 Å². The molecule has 0 amide bonds. The quantitative estimate of drug-likeness (QED) is 0.492. The average Bonchev–Trinajstić information content (AvgIpc) is 3.38. The number of benzene rings is 2. The van der Waals surface area contributed by atoms with Gasteiger partial charge in [0.1, 0.15) is 17.9 Å². The molecule has 1 saturated heterocycles. The van der Waals surface area contributed by atoms with Gasteiger partial charge < -0.3 is 4.57 Å². The fraction of sp³-hybridized carbons (Fsp3) is 0.481. The monoisotopic (exact) mass is 478 g/mol. The first kappa shape index (κ1) is 23.2. The predicted octanol–water partition coefficient (Wildman–Crippen LogP) is 5.41. The largest absolute Gasteiger partial charge is 0.317 e. The standard InChI is InChI=1S/C27H34N4O2S/c1-21-8-13-26(23-6-4-3-5-7-23)34(32,33)31(21)18-22-9-11-24(12-10-22)27(2)16-14-25(15-17-27)30-19-28-29-20-30/h3-7,9-12,19-21,25-26H,8,13-18H2,1-2H3/t21-,25?,26+,27?/m0/s1. The van der Waals surface area contributed by atoms with Gasteiger partial charge in [-0.3, -0.25) is 0 Å². The van der Waals surface area contributed by atoms with Crippen molar-refractivity contribution in [1.29, 1.82) is 0 Å². The van der Waals surface area contributed by atoms with E-state index in [1.54, 1.807) is 4.31 Å². The molecule has 1 aliphatic carbocycles. The van der Waals surface area contributed by atoms with E-state index in [1.807, 2.05) is 49.9 Å². The Morgan fingerprint density at radius 2 is 1.56 bits per heavy atom. The fourth-order valence-electron chi connectivity index (χ4n) is 5.77. The second-order valence-electron chi connectivity index (χ2n) is 10.3. The van der Waals surface area contributed by atoms with Crippen molar-refractivity contribution in [2.45, 2.75) is 81.7 Å². The maximum absolute atomic E-state index is 13.5. The highest BCUT2D eigenvalue weighted by Gasteiger charge is 2.40. The zero-order valence-electron chi connectivity index (χ0n) is 20.0. The Morgan fingerprint density at radius 1 is 0.912 bits per heavy atom. The SMILES string of the molecule is C[C@H]1CC[C@H](c2ccccc2)S(=O)(=O)N1Cc1ccc(C2(C)CCC(n3cnnc3)CC2)cc1. The van der Waals surface area contributed by atoms with Gasteiger partial charge >= 0.3 is 0 Å². The van der Waals surface area contributed by atoms with E-state index in [0.29, 0.717) is 19.0 Å². The van der Waals surface area contributed by atoms with E-state index in [2.05, 4.69) is 46.0 Å². The number of aromatic nitrogens is 3. The molecule has 0 bridgehead atoms. The number of nitrogens with zero attached hydrogens (tertiary/aromatic N) is 4. The van der Waals surface area contributed by atoms with Crippen molar-refractivity contribution in [2.24, 2.45) is 0 Å². The van der Waals surface area contributed by atoms with Crippen LogP contribution >= 0.6 is 0 Å². The van der Waals surface area contributed by atoms with Gasteiger partial charge in [0.15, 0.2) is 0 Å². The summed E-state index contributed by atoms with van der Waals surface area (Å²) in [6.45, 7) is 4.81. The molecule has 180 valence electrons. The normalized spacial score (nSPS) is 29.6. The van der Waals surface area contributed by atoms with Gasteiger partial charge in [0.25, 0.3) is 0 Å². The van der Waals surface area contributed by atoms with Crippen LogP contribution in [0.4, 0.5) is 0 Å². The highest BCUT2D eigenvalue weighted by Crippen LogP contribution is 2.43. The topological polar surface area (TPSA) is 68.1 Å². The number of hydrogen-bond acceptors (Lipinski definition) is 4. The Bertz CT molecular complexity index is 1190. The zero-order valence-corrected chi connectivity index (χ0v) is 20.9. The molecule has 0 spiro atoms. The van der Waals surface area contributed by atoms with Crippen LogP contribution in [-0.4, -0.2) is 33.5 Å². The van der Waals surface area contributed by atoms with E-state index in [4.69, 9.17) is 0 Å². The molecule has 5 rings (SSSR count). The Hall–Kier alpha value is -2.51. The average molecular weight is 479 g/mol. The van der Waals surface area contributed by atoms with Crippen LogP contribution in [0.3, 0.4) is 0 Å². The molecule has 2 aromatic carbocycles. The minimum atomic E-state index is -3.41. The van der Waals surface area contributed by atoms with Crippen LogP contribution in [0.25, 0.3) is 0 Å². The second-order valence-corrected chi connectivity index (χ2v) is 12.4. The first-order valence-electron chi connectivity index (χ1n) is 12.4. The molecule has 2 heterocycles. The van der Waals surface area contributed by atoms with Gasteiger partial charge in [0.05, 0.1) is 0 Å². The number of sulfonamides is 1. The van der Waals surface area contributed by atoms with E-state index in [9.17, 15) is 8.42 Å². The van der Waals surface area contributed by atoms with Gasteiger partial charge in [0.2, 0.25) is 10.0 Å². The summed E-state index contributed by atoms with van der Waals surface area (Å²) in [5.41, 5.74) is 3.43. The summed E-state index contributed by atoms with van der Waals surface area (Å²) in [4.78, 5) is 0. The third-order valence-corrected chi connectivity index (χ3v) is 10.5. The molecule has 7 heteroatoms. The predicted molar refractivity (Wildman–Crippen MR) is 134 cm³/mol. The van der Waals surface area contributed by atoms with Crippen LogP contribution in [0, 0.1) is 0 Å². The maximum atomic E-state index is 13.5. The molecule has 0 radical (unpaired) electrons. The molecule has 2 fully saturated rings. The van der Waals surface area contributed by atoms with Crippen LogP contribution in [0.15, 0.2) is 67.3 Å². The van der Waals surface area contributed by atoms with Crippen LogP contribution in [0.1, 0.15) is 80.4 Å². The van der Waals surface area contributed by atoms with Crippen molar-refractivity contribution < 1.29 is 8.42 Å².